The number of ether oxygens (including phenoxy) is 4. The molecule has 37 heavy (non-hydrogen) atoms. The molecule has 0 aromatic carbocycles. The number of hydrogen-bond acceptors (Lipinski definition) is 5. The predicted octanol–water partition coefficient (Wildman–Crippen LogP) is 7.18. The van der Waals surface area contributed by atoms with Crippen LogP contribution in [0.4, 0.5) is 35.1 Å². The molecule has 0 bridgehead atoms. The Bertz CT molecular complexity index is 738. The summed E-state index contributed by atoms with van der Waals surface area (Å²) >= 11 is 0. The second-order valence-corrected chi connectivity index (χ2v) is 10.5. The third-order valence-electron chi connectivity index (χ3n) is 7.59. The number of esters is 1. The molecule has 2 aliphatic carbocycles. The number of carbonyl (C=O) groups is 1. The highest BCUT2D eigenvalue weighted by atomic mass is 19.4. The Labute approximate surface area is 211 Å². The number of halogens is 8. The molecular formula is C24H36F8O5. The van der Waals surface area contributed by atoms with E-state index in [9.17, 15) is 39.9 Å². The maximum Gasteiger partial charge on any atom is 0.426 e. The molecule has 0 aromatic rings. The van der Waals surface area contributed by atoms with Gasteiger partial charge in [0, 0.05) is 13.0 Å². The van der Waals surface area contributed by atoms with E-state index < -0.39 is 47.4 Å². The third-order valence-corrected chi connectivity index (χ3v) is 7.59. The van der Waals surface area contributed by atoms with Crippen LogP contribution in [0, 0.1) is 17.3 Å². The molecule has 0 radical (unpaired) electrons. The zero-order valence-electron chi connectivity index (χ0n) is 21.4. The van der Waals surface area contributed by atoms with Crippen molar-refractivity contribution < 1.29 is 58.9 Å². The topological polar surface area (TPSA) is 54.0 Å². The minimum absolute atomic E-state index is 0.0439. The average Bonchev–Trinajstić information content (AvgIpc) is 2.77. The molecule has 2 heterocycles. The summed E-state index contributed by atoms with van der Waals surface area (Å²) in [4.78, 5) is 11.2. The molecule has 13 heteroatoms. The first kappa shape index (κ1) is 32.0. The summed E-state index contributed by atoms with van der Waals surface area (Å²) in [5.74, 6) is -2.12. The molecule has 2 aliphatic heterocycles. The van der Waals surface area contributed by atoms with Crippen LogP contribution in [-0.4, -0.2) is 56.1 Å². The number of hydrogen-bond donors (Lipinski definition) is 0. The minimum Gasteiger partial charge on any atom is -0.438 e. The molecule has 5 nitrogen and oxygen atoms in total. The van der Waals surface area contributed by atoms with Gasteiger partial charge in [-0.15, -0.1) is 0 Å². The molecule has 4 rings (SSSR count). The third kappa shape index (κ3) is 6.87. The number of carbonyl (C=O) groups excluding carboxylic acids is 1. The van der Waals surface area contributed by atoms with Crippen LogP contribution in [0.5, 0.6) is 0 Å². The van der Waals surface area contributed by atoms with Gasteiger partial charge in [0.1, 0.15) is 0 Å². The maximum atomic E-state index is 12.6. The lowest BCUT2D eigenvalue weighted by Gasteiger charge is -2.57. The van der Waals surface area contributed by atoms with Crippen LogP contribution in [0.1, 0.15) is 78.6 Å². The first-order valence-corrected chi connectivity index (χ1v) is 12.5. The van der Waals surface area contributed by atoms with Crippen molar-refractivity contribution in [1.29, 1.82) is 0 Å². The van der Waals surface area contributed by atoms with Gasteiger partial charge in [0.2, 0.25) is 0 Å². The second kappa shape index (κ2) is 11.9. The van der Waals surface area contributed by atoms with Crippen molar-refractivity contribution in [1.82, 2.24) is 0 Å². The molecule has 4 fully saturated rings. The number of rotatable bonds is 4. The van der Waals surface area contributed by atoms with E-state index in [-0.39, 0.29) is 25.3 Å². The lowest BCUT2D eigenvalue weighted by molar-refractivity contribution is -0.469. The summed E-state index contributed by atoms with van der Waals surface area (Å²) < 4.78 is 118. The Morgan fingerprint density at radius 1 is 0.838 bits per heavy atom. The van der Waals surface area contributed by atoms with Gasteiger partial charge in [0.25, 0.3) is 5.60 Å². The van der Waals surface area contributed by atoms with E-state index in [0.717, 1.165) is 25.7 Å². The second-order valence-electron chi connectivity index (χ2n) is 10.5. The van der Waals surface area contributed by atoms with Crippen LogP contribution in [0.25, 0.3) is 0 Å². The van der Waals surface area contributed by atoms with E-state index >= 15 is 0 Å². The molecule has 4 atom stereocenters. The van der Waals surface area contributed by atoms with Crippen molar-refractivity contribution in [2.45, 2.75) is 115 Å². The fourth-order valence-electron chi connectivity index (χ4n) is 4.96. The molecule has 4 unspecified atom stereocenters. The molecule has 2 saturated heterocycles. The molecule has 2 saturated carbocycles. The smallest absolute Gasteiger partial charge is 0.426 e. The van der Waals surface area contributed by atoms with E-state index in [4.69, 9.17) is 4.74 Å². The number of methoxy groups -OCH3 is 1. The van der Waals surface area contributed by atoms with Crippen molar-refractivity contribution in [3.05, 3.63) is 0 Å². The van der Waals surface area contributed by atoms with Gasteiger partial charge in [-0.25, -0.2) is 0 Å². The highest BCUT2D eigenvalue weighted by Gasteiger charge is 2.82. The zero-order chi connectivity index (χ0) is 28.3. The largest absolute Gasteiger partial charge is 0.438 e. The Morgan fingerprint density at radius 3 is 1.65 bits per heavy atom. The summed E-state index contributed by atoms with van der Waals surface area (Å²) in [6, 6.07) is 0. The standard InChI is InChI=1S/C9H10F6O.C8H16O3.C7H10F2O/c10-8(11,12)7(9(13,14)15)5-3-1-2-4-6(5)16-7;1-5-8(2,3)7(9)11-6-10-4;8-7(9)5-3-1-2-4-6(5)10-7/h5-6H,1-4H2;5-6H2,1-4H3;5-6H,1-4H2. The lowest BCUT2D eigenvalue weighted by atomic mass is 9.68. The summed E-state index contributed by atoms with van der Waals surface area (Å²) in [6.45, 7) is 5.70. The number of fused-ring (bicyclic) bond motifs is 2. The SMILES string of the molecule is CCC(C)(C)C(=O)OCOC.FC(F)(F)C1(C(F)(F)F)OC2CCCCC21.FC1(F)OC2CCCCC21. The van der Waals surface area contributed by atoms with Gasteiger partial charge in [-0.05, 0) is 46.0 Å². The summed E-state index contributed by atoms with van der Waals surface area (Å²) in [6.07, 6.45) is -9.04. The highest BCUT2D eigenvalue weighted by Crippen LogP contribution is 2.61. The van der Waals surface area contributed by atoms with E-state index in [0.29, 0.717) is 25.7 Å². The van der Waals surface area contributed by atoms with E-state index in [1.165, 1.54) is 7.11 Å². The molecule has 0 aromatic heterocycles. The van der Waals surface area contributed by atoms with Crippen LogP contribution >= 0.6 is 0 Å². The monoisotopic (exact) mass is 556 g/mol. The van der Waals surface area contributed by atoms with Crippen LogP contribution in [-0.2, 0) is 23.7 Å². The Kier molecular flexibility index (Phi) is 10.3. The molecular weight excluding hydrogens is 520 g/mol. The van der Waals surface area contributed by atoms with Gasteiger partial charge in [0.05, 0.1) is 23.5 Å². The normalized spacial score (nSPS) is 29.9. The summed E-state index contributed by atoms with van der Waals surface area (Å²) in [5, 5.41) is 0. The van der Waals surface area contributed by atoms with Crippen molar-refractivity contribution >= 4 is 5.97 Å². The van der Waals surface area contributed by atoms with Crippen LogP contribution in [0.15, 0.2) is 0 Å². The summed E-state index contributed by atoms with van der Waals surface area (Å²) in [7, 11) is 1.49. The average molecular weight is 557 g/mol. The van der Waals surface area contributed by atoms with Crippen molar-refractivity contribution in [3.8, 4) is 0 Å². The molecule has 4 aliphatic rings. The van der Waals surface area contributed by atoms with Gasteiger partial charge in [0.15, 0.2) is 6.79 Å². The maximum absolute atomic E-state index is 12.6. The van der Waals surface area contributed by atoms with E-state index in [1.54, 1.807) is 0 Å². The van der Waals surface area contributed by atoms with Crippen molar-refractivity contribution in [3.63, 3.8) is 0 Å². The van der Waals surface area contributed by atoms with E-state index in [1.807, 2.05) is 20.8 Å². The van der Waals surface area contributed by atoms with E-state index in [2.05, 4.69) is 14.2 Å². The van der Waals surface area contributed by atoms with Crippen molar-refractivity contribution in [2.75, 3.05) is 13.9 Å². The van der Waals surface area contributed by atoms with Gasteiger partial charge in [-0.2, -0.15) is 35.1 Å². The Morgan fingerprint density at radius 2 is 1.30 bits per heavy atom. The molecule has 0 N–H and O–H groups in total. The molecule has 0 spiro atoms. The highest BCUT2D eigenvalue weighted by molar-refractivity contribution is 5.75. The van der Waals surface area contributed by atoms with Crippen LogP contribution in [0.3, 0.4) is 0 Å². The first-order chi connectivity index (χ1) is 16.9. The van der Waals surface area contributed by atoms with Crippen LogP contribution < -0.4 is 0 Å². The van der Waals surface area contributed by atoms with Gasteiger partial charge in [-0.1, -0.05) is 32.6 Å². The number of alkyl halides is 8. The lowest BCUT2D eigenvalue weighted by Crippen LogP contribution is -2.75. The molecule has 0 amide bonds. The Balaban J connectivity index is 0.000000203. The molecule has 218 valence electrons. The van der Waals surface area contributed by atoms with Gasteiger partial charge in [-0.3, -0.25) is 4.79 Å². The summed E-state index contributed by atoms with van der Waals surface area (Å²) in [5.41, 5.74) is -4.30. The van der Waals surface area contributed by atoms with Gasteiger partial charge >= 0.3 is 24.4 Å². The van der Waals surface area contributed by atoms with Crippen molar-refractivity contribution in [2.24, 2.45) is 17.3 Å². The quantitative estimate of drug-likeness (QED) is 0.209. The fourth-order valence-corrected chi connectivity index (χ4v) is 4.96. The fraction of sp³-hybridized carbons (Fsp3) is 0.958. The van der Waals surface area contributed by atoms with Gasteiger partial charge < -0.3 is 18.9 Å². The predicted molar refractivity (Wildman–Crippen MR) is 115 cm³/mol. The Hall–Kier alpha value is -1.21. The minimum atomic E-state index is -5.39. The zero-order valence-corrected chi connectivity index (χ0v) is 21.4. The van der Waals surface area contributed by atoms with Crippen LogP contribution in [0.2, 0.25) is 0 Å². The first-order valence-electron chi connectivity index (χ1n) is 12.5.